The van der Waals surface area contributed by atoms with Crippen molar-refractivity contribution in [1.82, 2.24) is 20.3 Å². The normalized spacial score (nSPS) is 27.9. The number of nitrogens with one attached hydrogen (secondary N) is 1. The smallest absolute Gasteiger partial charge is 0.118 e. The molecule has 0 aliphatic carbocycles. The molecule has 164 valence electrons. The van der Waals surface area contributed by atoms with Crippen molar-refractivity contribution in [1.29, 1.82) is 0 Å². The van der Waals surface area contributed by atoms with E-state index in [1.54, 1.807) is 7.11 Å². The van der Waals surface area contributed by atoms with Crippen molar-refractivity contribution < 1.29 is 14.6 Å². The first-order valence-electron chi connectivity index (χ1n) is 10.4. The average Bonchev–Trinajstić information content (AvgIpc) is 3.39. The molecule has 4 atom stereocenters. The second kappa shape index (κ2) is 8.18. The summed E-state index contributed by atoms with van der Waals surface area (Å²) in [6.07, 6.45) is 2.90. The van der Waals surface area contributed by atoms with Gasteiger partial charge in [-0.2, -0.15) is 0 Å². The molecule has 2 N–H and O–H groups in total. The number of ether oxygens (including phenoxy) is 2. The van der Waals surface area contributed by atoms with Gasteiger partial charge in [0.15, 0.2) is 0 Å². The standard InChI is InChI=1S/C22H25ClN4O3S/c1-13-8-22(21-16(7-20(23)31-21)19(28)12-30-22)9-17(24-13)18-11-27(26-25-18)10-14-3-5-15(29-2)6-4-14/h3-7,11,13,17,19,24,28H,8-10,12H2,1-2H3/t13-,17-,19+,22-/m0/s1. The van der Waals surface area contributed by atoms with Crippen LogP contribution in [0, 0.1) is 0 Å². The first-order valence-corrected chi connectivity index (χ1v) is 11.6. The number of hydrogen-bond donors (Lipinski definition) is 2. The Morgan fingerprint density at radius 3 is 2.94 bits per heavy atom. The van der Waals surface area contributed by atoms with E-state index >= 15 is 0 Å². The maximum absolute atomic E-state index is 10.4. The third kappa shape index (κ3) is 3.99. The second-order valence-corrected chi connectivity index (χ2v) is 10.1. The molecule has 0 amide bonds. The van der Waals surface area contributed by atoms with Crippen molar-refractivity contribution in [2.45, 2.75) is 50.1 Å². The zero-order valence-corrected chi connectivity index (χ0v) is 19.0. The molecule has 0 unspecified atom stereocenters. The van der Waals surface area contributed by atoms with Crippen LogP contribution < -0.4 is 10.1 Å². The molecule has 1 spiro atoms. The quantitative estimate of drug-likeness (QED) is 0.616. The topological polar surface area (TPSA) is 81.4 Å². The number of nitrogens with zero attached hydrogens (tertiary/aromatic N) is 3. The van der Waals surface area contributed by atoms with Gasteiger partial charge in [-0.25, -0.2) is 4.68 Å². The van der Waals surface area contributed by atoms with Gasteiger partial charge in [-0.15, -0.1) is 16.4 Å². The maximum atomic E-state index is 10.4. The summed E-state index contributed by atoms with van der Waals surface area (Å²) in [4.78, 5) is 1.04. The highest BCUT2D eigenvalue weighted by Crippen LogP contribution is 2.51. The van der Waals surface area contributed by atoms with Gasteiger partial charge < -0.3 is 19.9 Å². The van der Waals surface area contributed by atoms with Gasteiger partial charge >= 0.3 is 0 Å². The molecule has 5 rings (SSSR count). The van der Waals surface area contributed by atoms with Crippen LogP contribution in [0.4, 0.5) is 0 Å². The van der Waals surface area contributed by atoms with Gasteiger partial charge in [-0.05, 0) is 37.1 Å². The van der Waals surface area contributed by atoms with Crippen LogP contribution in [0.15, 0.2) is 36.5 Å². The van der Waals surface area contributed by atoms with Crippen molar-refractivity contribution in [3.05, 3.63) is 62.6 Å². The fraction of sp³-hybridized carbons (Fsp3) is 0.455. The number of methoxy groups -OCH3 is 1. The molecule has 0 bridgehead atoms. The average molecular weight is 461 g/mol. The highest BCUT2D eigenvalue weighted by molar-refractivity contribution is 7.16. The number of benzene rings is 1. The molecule has 31 heavy (non-hydrogen) atoms. The van der Waals surface area contributed by atoms with E-state index in [2.05, 4.69) is 22.6 Å². The lowest BCUT2D eigenvalue weighted by Crippen LogP contribution is -2.50. The van der Waals surface area contributed by atoms with E-state index in [1.165, 1.54) is 11.3 Å². The van der Waals surface area contributed by atoms with Crippen LogP contribution in [0.1, 0.15) is 53.6 Å². The third-order valence-electron chi connectivity index (χ3n) is 6.09. The fourth-order valence-corrected chi connectivity index (χ4v) is 6.16. The Balaban J connectivity index is 1.38. The summed E-state index contributed by atoms with van der Waals surface area (Å²) in [7, 11) is 1.66. The Bertz CT molecular complexity index is 1070. The van der Waals surface area contributed by atoms with Gasteiger partial charge in [0, 0.05) is 22.9 Å². The Labute approximate surface area is 189 Å². The van der Waals surface area contributed by atoms with Gasteiger partial charge in [0.1, 0.15) is 17.5 Å². The van der Waals surface area contributed by atoms with E-state index in [0.29, 0.717) is 10.9 Å². The van der Waals surface area contributed by atoms with Gasteiger partial charge in [-0.3, -0.25) is 0 Å². The summed E-state index contributed by atoms with van der Waals surface area (Å²) in [5.74, 6) is 0.833. The van der Waals surface area contributed by atoms with E-state index in [1.807, 2.05) is 41.2 Å². The predicted molar refractivity (Wildman–Crippen MR) is 119 cm³/mol. The van der Waals surface area contributed by atoms with Crippen molar-refractivity contribution in [3.63, 3.8) is 0 Å². The van der Waals surface area contributed by atoms with Crippen LogP contribution in [0.5, 0.6) is 5.75 Å². The summed E-state index contributed by atoms with van der Waals surface area (Å²) >= 11 is 7.82. The molecule has 2 aliphatic rings. The molecule has 0 radical (unpaired) electrons. The summed E-state index contributed by atoms with van der Waals surface area (Å²) < 4.78 is 14.1. The molecule has 9 heteroatoms. The lowest BCUT2D eigenvalue weighted by atomic mass is 9.79. The first-order chi connectivity index (χ1) is 15.0. The number of piperidine rings is 1. The number of fused-ring (bicyclic) bond motifs is 2. The minimum Gasteiger partial charge on any atom is -0.497 e. The zero-order chi connectivity index (χ0) is 21.6. The van der Waals surface area contributed by atoms with Crippen LogP contribution >= 0.6 is 22.9 Å². The molecule has 4 heterocycles. The van der Waals surface area contributed by atoms with Crippen LogP contribution in [-0.4, -0.2) is 39.9 Å². The van der Waals surface area contributed by atoms with Crippen molar-refractivity contribution in [3.8, 4) is 5.75 Å². The predicted octanol–water partition coefficient (Wildman–Crippen LogP) is 3.82. The molecule has 1 aromatic carbocycles. The number of aliphatic hydroxyl groups excluding tert-OH is 1. The van der Waals surface area contributed by atoms with Gasteiger partial charge in [0.05, 0.1) is 42.5 Å². The molecule has 0 saturated carbocycles. The summed E-state index contributed by atoms with van der Waals surface area (Å²) in [6, 6.07) is 10.0. The van der Waals surface area contributed by atoms with Crippen molar-refractivity contribution >= 4 is 22.9 Å². The SMILES string of the molecule is COc1ccc(Cn2cc([C@@H]3C[C@]4(C[C@H](C)N3)OC[C@@H](O)c3cc(Cl)sc34)nn2)cc1. The molecule has 2 aromatic heterocycles. The molecular weight excluding hydrogens is 436 g/mol. The number of hydrogen-bond acceptors (Lipinski definition) is 7. The molecule has 3 aromatic rings. The summed E-state index contributed by atoms with van der Waals surface area (Å²) in [6.45, 7) is 3.07. The minimum atomic E-state index is -0.626. The fourth-order valence-electron chi connectivity index (χ4n) is 4.70. The molecular formula is C22H25ClN4O3S. The van der Waals surface area contributed by atoms with E-state index in [4.69, 9.17) is 21.1 Å². The molecule has 1 saturated heterocycles. The van der Waals surface area contributed by atoms with Crippen molar-refractivity contribution in [2.24, 2.45) is 0 Å². The largest absolute Gasteiger partial charge is 0.497 e. The highest BCUT2D eigenvalue weighted by Gasteiger charge is 2.48. The lowest BCUT2D eigenvalue weighted by molar-refractivity contribution is -0.129. The van der Waals surface area contributed by atoms with Gasteiger partial charge in [-0.1, -0.05) is 28.9 Å². The number of rotatable bonds is 4. The molecule has 7 nitrogen and oxygen atoms in total. The van der Waals surface area contributed by atoms with Crippen molar-refractivity contribution in [2.75, 3.05) is 13.7 Å². The zero-order valence-electron chi connectivity index (χ0n) is 17.4. The highest BCUT2D eigenvalue weighted by atomic mass is 35.5. The second-order valence-electron chi connectivity index (χ2n) is 8.37. The number of aromatic nitrogens is 3. The third-order valence-corrected chi connectivity index (χ3v) is 7.56. The van der Waals surface area contributed by atoms with Crippen LogP contribution in [0.3, 0.4) is 0 Å². The Morgan fingerprint density at radius 2 is 2.16 bits per heavy atom. The van der Waals surface area contributed by atoms with E-state index in [9.17, 15) is 5.11 Å². The number of aliphatic hydroxyl groups is 1. The van der Waals surface area contributed by atoms with E-state index in [-0.39, 0.29) is 18.7 Å². The van der Waals surface area contributed by atoms with E-state index < -0.39 is 11.7 Å². The summed E-state index contributed by atoms with van der Waals surface area (Å²) in [5.41, 5.74) is 2.44. The number of halogens is 1. The first kappa shape index (κ1) is 20.9. The van der Waals surface area contributed by atoms with Gasteiger partial charge in [0.2, 0.25) is 0 Å². The molecule has 2 aliphatic heterocycles. The number of thiophene rings is 1. The van der Waals surface area contributed by atoms with E-state index in [0.717, 1.165) is 40.3 Å². The summed E-state index contributed by atoms with van der Waals surface area (Å²) in [5, 5.41) is 22.8. The minimum absolute atomic E-state index is 0.00247. The molecule has 1 fully saturated rings. The lowest BCUT2D eigenvalue weighted by Gasteiger charge is -2.46. The Kier molecular flexibility index (Phi) is 5.52. The Hall–Kier alpha value is -1.97. The van der Waals surface area contributed by atoms with Crippen LogP contribution in [-0.2, 0) is 16.9 Å². The van der Waals surface area contributed by atoms with Gasteiger partial charge in [0.25, 0.3) is 0 Å². The maximum Gasteiger partial charge on any atom is 0.118 e. The van der Waals surface area contributed by atoms with Crippen LogP contribution in [0.2, 0.25) is 4.34 Å². The monoisotopic (exact) mass is 460 g/mol. The van der Waals surface area contributed by atoms with Crippen LogP contribution in [0.25, 0.3) is 0 Å². The Morgan fingerprint density at radius 1 is 1.35 bits per heavy atom.